The van der Waals surface area contributed by atoms with Crippen molar-refractivity contribution in [3.05, 3.63) is 34.4 Å². The Bertz CT molecular complexity index is 800. The molecule has 3 atom stereocenters. The summed E-state index contributed by atoms with van der Waals surface area (Å²) in [6, 6.07) is 4.86. The second-order valence-electron chi connectivity index (χ2n) is 9.98. The second kappa shape index (κ2) is 8.71. The zero-order chi connectivity index (χ0) is 21.4. The van der Waals surface area contributed by atoms with E-state index < -0.39 is 5.41 Å². The molecule has 0 saturated heterocycles. The van der Waals surface area contributed by atoms with E-state index in [0.29, 0.717) is 18.3 Å². The predicted molar refractivity (Wildman–Crippen MR) is 121 cm³/mol. The van der Waals surface area contributed by atoms with Gasteiger partial charge in [0, 0.05) is 11.8 Å². The van der Waals surface area contributed by atoms with E-state index in [4.69, 9.17) is 23.2 Å². The van der Waals surface area contributed by atoms with Gasteiger partial charge in [-0.2, -0.15) is 0 Å². The van der Waals surface area contributed by atoms with Gasteiger partial charge in [-0.15, -0.1) is 0 Å². The molecule has 2 aliphatic rings. The number of aryl methyl sites for hydroxylation is 2. The Labute approximate surface area is 185 Å². The molecule has 1 saturated carbocycles. The van der Waals surface area contributed by atoms with Crippen molar-refractivity contribution in [2.45, 2.75) is 96.8 Å². The van der Waals surface area contributed by atoms with Crippen LogP contribution in [0.25, 0.3) is 0 Å². The molecule has 2 aliphatic carbocycles. The molecule has 160 valence electrons. The van der Waals surface area contributed by atoms with E-state index in [2.05, 4.69) is 39.8 Å². The van der Waals surface area contributed by atoms with E-state index in [-0.39, 0.29) is 15.9 Å². The maximum Gasteiger partial charge on any atom is 0.227 e. The highest BCUT2D eigenvalue weighted by Crippen LogP contribution is 2.58. The molecule has 1 aromatic rings. The number of halogens is 2. The summed E-state index contributed by atoms with van der Waals surface area (Å²) in [4.78, 5) is 23.5. The van der Waals surface area contributed by atoms with Gasteiger partial charge in [0.15, 0.2) is 0 Å². The van der Waals surface area contributed by atoms with Crippen molar-refractivity contribution in [2.75, 3.05) is 0 Å². The third kappa shape index (κ3) is 4.30. The Morgan fingerprint density at radius 3 is 2.48 bits per heavy atom. The van der Waals surface area contributed by atoms with Gasteiger partial charge < -0.3 is 0 Å². The molecule has 29 heavy (non-hydrogen) atoms. The van der Waals surface area contributed by atoms with Crippen LogP contribution in [0.3, 0.4) is 0 Å². The first-order valence-electron chi connectivity index (χ1n) is 11.1. The van der Waals surface area contributed by atoms with Crippen LogP contribution >= 0.6 is 23.2 Å². The van der Waals surface area contributed by atoms with Crippen molar-refractivity contribution >= 4 is 33.7 Å². The summed E-state index contributed by atoms with van der Waals surface area (Å²) in [5.41, 5.74) is 5.29. The molecular weight excluding hydrogens is 403 g/mol. The van der Waals surface area contributed by atoms with Crippen LogP contribution in [0.15, 0.2) is 12.1 Å². The Morgan fingerprint density at radius 1 is 1.14 bits per heavy atom. The van der Waals surface area contributed by atoms with Gasteiger partial charge in [0.2, 0.25) is 10.5 Å². The van der Waals surface area contributed by atoms with Crippen molar-refractivity contribution in [2.24, 2.45) is 11.3 Å². The Morgan fingerprint density at radius 2 is 1.86 bits per heavy atom. The molecule has 2 nitrogen and oxygen atoms in total. The Balaban J connectivity index is 1.98. The first kappa shape index (κ1) is 22.8. The first-order valence-corrected chi connectivity index (χ1v) is 11.9. The maximum absolute atomic E-state index is 12.4. The number of carbonyl (C=O) groups excluding carboxylic acids is 2. The SMILES string of the molecule is CC(C)c1cc2c(cc1CCCCC(=O)Cl)C1(C)CCCC(C)(C(=O)Cl)C1CC2. The molecular formula is C25H34Cl2O2. The number of carbonyl (C=O) groups is 2. The minimum Gasteiger partial charge on any atom is -0.281 e. The minimum atomic E-state index is -0.427. The van der Waals surface area contributed by atoms with E-state index in [1.807, 2.05) is 0 Å². The van der Waals surface area contributed by atoms with Gasteiger partial charge >= 0.3 is 0 Å². The molecule has 1 fully saturated rings. The van der Waals surface area contributed by atoms with Crippen molar-refractivity contribution < 1.29 is 9.59 Å². The number of fused-ring (bicyclic) bond motifs is 3. The highest BCUT2D eigenvalue weighted by atomic mass is 35.5. The smallest absolute Gasteiger partial charge is 0.227 e. The Kier molecular flexibility index (Phi) is 6.85. The Hall–Kier alpha value is -0.860. The lowest BCUT2D eigenvalue weighted by Crippen LogP contribution is -2.51. The van der Waals surface area contributed by atoms with Crippen LogP contribution in [-0.2, 0) is 27.8 Å². The standard InChI is InChI=1S/C25H34Cl2O2/c1-16(2)19-14-18-10-11-21-24(3,12-7-13-25(21,4)23(27)29)20(18)15-17(19)8-5-6-9-22(26)28/h14-16,21H,5-13H2,1-4H3. The molecule has 0 N–H and O–H groups in total. The molecule has 0 spiro atoms. The third-order valence-corrected chi connectivity index (χ3v) is 8.37. The van der Waals surface area contributed by atoms with E-state index in [1.165, 1.54) is 22.3 Å². The third-order valence-electron chi connectivity index (χ3n) is 7.75. The zero-order valence-corrected chi connectivity index (χ0v) is 19.8. The molecule has 0 bridgehead atoms. The lowest BCUT2D eigenvalue weighted by molar-refractivity contribution is -0.127. The second-order valence-corrected chi connectivity index (χ2v) is 10.7. The topological polar surface area (TPSA) is 34.1 Å². The lowest BCUT2D eigenvalue weighted by Gasteiger charge is -2.54. The van der Waals surface area contributed by atoms with Crippen LogP contribution in [0.1, 0.15) is 101 Å². The fourth-order valence-corrected chi connectivity index (χ4v) is 6.51. The summed E-state index contributed by atoms with van der Waals surface area (Å²) in [5.74, 6) is 0.768. The molecule has 0 aliphatic heterocycles. The maximum atomic E-state index is 12.4. The summed E-state index contributed by atoms with van der Waals surface area (Å²) < 4.78 is 0. The van der Waals surface area contributed by atoms with Crippen LogP contribution in [0.2, 0.25) is 0 Å². The summed E-state index contributed by atoms with van der Waals surface area (Å²) in [6.07, 6.45) is 8.32. The quantitative estimate of drug-likeness (QED) is 0.338. The monoisotopic (exact) mass is 436 g/mol. The van der Waals surface area contributed by atoms with Gasteiger partial charge in [0.1, 0.15) is 0 Å². The summed E-state index contributed by atoms with van der Waals surface area (Å²) in [6.45, 7) is 8.95. The molecule has 0 heterocycles. The van der Waals surface area contributed by atoms with Crippen molar-refractivity contribution in [1.29, 1.82) is 0 Å². The number of hydrogen-bond donors (Lipinski definition) is 0. The average molecular weight is 437 g/mol. The van der Waals surface area contributed by atoms with Crippen molar-refractivity contribution in [3.63, 3.8) is 0 Å². The molecule has 0 aromatic heterocycles. The van der Waals surface area contributed by atoms with Gasteiger partial charge in [-0.1, -0.05) is 46.2 Å². The molecule has 1 aromatic carbocycles. The molecule has 3 unspecified atom stereocenters. The normalized spacial score (nSPS) is 28.7. The van der Waals surface area contributed by atoms with Gasteiger partial charge in [-0.25, -0.2) is 0 Å². The number of rotatable bonds is 7. The van der Waals surface area contributed by atoms with Crippen LogP contribution in [-0.4, -0.2) is 10.5 Å². The van der Waals surface area contributed by atoms with E-state index in [9.17, 15) is 9.59 Å². The number of hydrogen-bond acceptors (Lipinski definition) is 2. The summed E-state index contributed by atoms with van der Waals surface area (Å²) in [7, 11) is 0. The van der Waals surface area contributed by atoms with Crippen LogP contribution in [0.4, 0.5) is 0 Å². The molecule has 4 heteroatoms. The summed E-state index contributed by atoms with van der Waals surface area (Å²) >= 11 is 11.6. The average Bonchev–Trinajstić information content (AvgIpc) is 2.64. The van der Waals surface area contributed by atoms with Crippen molar-refractivity contribution in [1.82, 2.24) is 0 Å². The summed E-state index contributed by atoms with van der Waals surface area (Å²) in [5, 5.41) is -0.413. The van der Waals surface area contributed by atoms with Gasteiger partial charge in [0.25, 0.3) is 0 Å². The highest BCUT2D eigenvalue weighted by Gasteiger charge is 2.54. The van der Waals surface area contributed by atoms with E-state index in [0.717, 1.165) is 51.4 Å². The molecule has 0 radical (unpaired) electrons. The van der Waals surface area contributed by atoms with E-state index >= 15 is 0 Å². The molecule has 0 amide bonds. The highest BCUT2D eigenvalue weighted by molar-refractivity contribution is 6.64. The fraction of sp³-hybridized carbons (Fsp3) is 0.680. The fourth-order valence-electron chi connectivity index (χ4n) is 6.15. The predicted octanol–water partition coefficient (Wildman–Crippen LogP) is 7.06. The number of unbranched alkanes of at least 4 members (excludes halogenated alkanes) is 1. The van der Waals surface area contributed by atoms with Crippen LogP contribution in [0.5, 0.6) is 0 Å². The number of benzene rings is 1. The zero-order valence-electron chi connectivity index (χ0n) is 18.2. The minimum absolute atomic E-state index is 0.00149. The van der Waals surface area contributed by atoms with Crippen LogP contribution in [0, 0.1) is 11.3 Å². The van der Waals surface area contributed by atoms with E-state index in [1.54, 1.807) is 0 Å². The van der Waals surface area contributed by atoms with Crippen LogP contribution < -0.4 is 0 Å². The first-order chi connectivity index (χ1) is 13.6. The van der Waals surface area contributed by atoms with Gasteiger partial charge in [0.05, 0.1) is 0 Å². The molecule has 3 rings (SSSR count). The van der Waals surface area contributed by atoms with Gasteiger partial charge in [-0.3, -0.25) is 9.59 Å². The largest absolute Gasteiger partial charge is 0.281 e. The lowest BCUT2D eigenvalue weighted by atomic mass is 9.50. The van der Waals surface area contributed by atoms with Gasteiger partial charge in [-0.05, 0) is 108 Å². The van der Waals surface area contributed by atoms with Crippen molar-refractivity contribution in [3.8, 4) is 0 Å².